The van der Waals surface area contributed by atoms with Crippen molar-refractivity contribution in [1.29, 1.82) is 0 Å². The van der Waals surface area contributed by atoms with Crippen molar-refractivity contribution in [2.45, 2.75) is 50.2 Å². The summed E-state index contributed by atoms with van der Waals surface area (Å²) in [4.78, 5) is 29.3. The summed E-state index contributed by atoms with van der Waals surface area (Å²) < 4.78 is 0. The van der Waals surface area contributed by atoms with Crippen LogP contribution in [0, 0.1) is 11.8 Å². The monoisotopic (exact) mass is 356 g/mol. The number of amides is 2. The number of benzene rings is 1. The number of nitrogens with zero attached hydrogens (tertiary/aromatic N) is 2. The molecular formula is C21H28N2O3. The standard InChI is InChI=1S/C21H28N2O3/c1-22-18(24)13-17(19(22)15-7-3-2-4-8-15)20(25)23-12-11-21(26)10-6-5-9-16(21)14-23/h2-4,7-8,16-17,19,26H,5-6,9-14H2,1H3/t16-,17+,19+,21+/m0/s1. The lowest BCUT2D eigenvalue weighted by Crippen LogP contribution is -2.55. The van der Waals surface area contributed by atoms with Gasteiger partial charge in [0.2, 0.25) is 11.8 Å². The first-order valence-electron chi connectivity index (χ1n) is 9.81. The van der Waals surface area contributed by atoms with Crippen molar-refractivity contribution in [3.05, 3.63) is 35.9 Å². The van der Waals surface area contributed by atoms with Crippen LogP contribution in [0.1, 0.15) is 50.1 Å². The molecule has 0 unspecified atom stereocenters. The average Bonchev–Trinajstić information content (AvgIpc) is 2.96. The quantitative estimate of drug-likeness (QED) is 0.885. The second-order valence-electron chi connectivity index (χ2n) is 8.25. The lowest BCUT2D eigenvalue weighted by Gasteiger charge is -2.48. The van der Waals surface area contributed by atoms with E-state index in [4.69, 9.17) is 0 Å². The molecule has 5 nitrogen and oxygen atoms in total. The van der Waals surface area contributed by atoms with Gasteiger partial charge in [0.25, 0.3) is 0 Å². The molecule has 140 valence electrons. The van der Waals surface area contributed by atoms with E-state index < -0.39 is 5.60 Å². The van der Waals surface area contributed by atoms with Crippen LogP contribution in [0.5, 0.6) is 0 Å². The van der Waals surface area contributed by atoms with E-state index >= 15 is 0 Å². The van der Waals surface area contributed by atoms with Gasteiger partial charge >= 0.3 is 0 Å². The summed E-state index contributed by atoms with van der Waals surface area (Å²) in [5.74, 6) is -0.0452. The molecule has 1 aromatic rings. The van der Waals surface area contributed by atoms with Crippen molar-refractivity contribution in [2.24, 2.45) is 11.8 Å². The zero-order valence-electron chi connectivity index (χ0n) is 15.4. The van der Waals surface area contributed by atoms with Crippen LogP contribution in [0.25, 0.3) is 0 Å². The molecule has 0 radical (unpaired) electrons. The maximum Gasteiger partial charge on any atom is 0.228 e. The molecule has 3 fully saturated rings. The van der Waals surface area contributed by atoms with Crippen LogP contribution in [0.2, 0.25) is 0 Å². The summed E-state index contributed by atoms with van der Waals surface area (Å²) in [5, 5.41) is 10.9. The SMILES string of the molecule is CN1C(=O)C[C@@H](C(=O)N2CC[C@]3(O)CCCC[C@H]3C2)[C@H]1c1ccccc1. The normalized spacial score (nSPS) is 34.7. The zero-order chi connectivity index (χ0) is 18.3. The summed E-state index contributed by atoms with van der Waals surface area (Å²) >= 11 is 0. The largest absolute Gasteiger partial charge is 0.389 e. The van der Waals surface area contributed by atoms with Gasteiger partial charge in [0, 0.05) is 32.5 Å². The minimum atomic E-state index is -0.587. The van der Waals surface area contributed by atoms with Crippen LogP contribution in [-0.4, -0.2) is 52.5 Å². The molecule has 1 saturated carbocycles. The van der Waals surface area contributed by atoms with Gasteiger partial charge in [-0.15, -0.1) is 0 Å². The van der Waals surface area contributed by atoms with Crippen molar-refractivity contribution >= 4 is 11.8 Å². The molecule has 2 saturated heterocycles. The summed E-state index contributed by atoms with van der Waals surface area (Å²) in [6.45, 7) is 1.23. The van der Waals surface area contributed by atoms with Gasteiger partial charge in [0.05, 0.1) is 17.6 Å². The first kappa shape index (κ1) is 17.5. The Bertz CT molecular complexity index is 692. The number of rotatable bonds is 2. The lowest BCUT2D eigenvalue weighted by atomic mass is 9.71. The number of hydrogen-bond donors (Lipinski definition) is 1. The Kier molecular flexibility index (Phi) is 4.51. The maximum absolute atomic E-state index is 13.3. The van der Waals surface area contributed by atoms with Gasteiger partial charge in [-0.3, -0.25) is 9.59 Å². The van der Waals surface area contributed by atoms with Crippen molar-refractivity contribution in [3.63, 3.8) is 0 Å². The Balaban J connectivity index is 1.54. The molecule has 1 aliphatic carbocycles. The van der Waals surface area contributed by atoms with E-state index in [1.807, 2.05) is 35.2 Å². The molecule has 1 N–H and O–H groups in total. The van der Waals surface area contributed by atoms with Gasteiger partial charge in [0.15, 0.2) is 0 Å². The average molecular weight is 356 g/mol. The highest BCUT2D eigenvalue weighted by atomic mass is 16.3. The van der Waals surface area contributed by atoms with E-state index in [0.29, 0.717) is 19.5 Å². The summed E-state index contributed by atoms with van der Waals surface area (Å²) in [5.41, 5.74) is 0.432. The minimum Gasteiger partial charge on any atom is -0.389 e. The molecule has 4 rings (SSSR count). The van der Waals surface area contributed by atoms with E-state index in [0.717, 1.165) is 31.2 Å². The predicted molar refractivity (Wildman–Crippen MR) is 98.2 cm³/mol. The molecule has 2 heterocycles. The number of aliphatic hydroxyl groups is 1. The van der Waals surface area contributed by atoms with Gasteiger partial charge in [-0.2, -0.15) is 0 Å². The molecule has 2 aliphatic heterocycles. The Morgan fingerprint density at radius 1 is 1.19 bits per heavy atom. The van der Waals surface area contributed by atoms with Gasteiger partial charge in [0.1, 0.15) is 0 Å². The van der Waals surface area contributed by atoms with E-state index in [-0.39, 0.29) is 36.1 Å². The van der Waals surface area contributed by atoms with Gasteiger partial charge in [-0.25, -0.2) is 0 Å². The zero-order valence-corrected chi connectivity index (χ0v) is 15.4. The highest BCUT2D eigenvalue weighted by molar-refractivity contribution is 5.90. The molecule has 3 aliphatic rings. The molecule has 2 amide bonds. The van der Waals surface area contributed by atoms with Crippen molar-refractivity contribution < 1.29 is 14.7 Å². The Hall–Kier alpha value is -1.88. The summed E-state index contributed by atoms with van der Waals surface area (Å²) in [6, 6.07) is 9.66. The Morgan fingerprint density at radius 2 is 1.96 bits per heavy atom. The smallest absolute Gasteiger partial charge is 0.228 e. The molecule has 5 heteroatoms. The predicted octanol–water partition coefficient (Wildman–Crippen LogP) is 2.36. The first-order valence-corrected chi connectivity index (χ1v) is 9.81. The highest BCUT2D eigenvalue weighted by Gasteiger charge is 2.48. The molecule has 0 spiro atoms. The first-order chi connectivity index (χ1) is 12.5. The second kappa shape index (κ2) is 6.69. The number of carbonyl (C=O) groups is 2. The van der Waals surface area contributed by atoms with E-state index in [2.05, 4.69) is 0 Å². The maximum atomic E-state index is 13.3. The van der Waals surface area contributed by atoms with Crippen LogP contribution in [0.15, 0.2) is 30.3 Å². The molecule has 26 heavy (non-hydrogen) atoms. The van der Waals surface area contributed by atoms with Crippen LogP contribution in [0.3, 0.4) is 0 Å². The highest BCUT2D eigenvalue weighted by Crippen LogP contribution is 2.42. The number of fused-ring (bicyclic) bond motifs is 1. The molecule has 0 bridgehead atoms. The van der Waals surface area contributed by atoms with Crippen LogP contribution in [0.4, 0.5) is 0 Å². The third-order valence-corrected chi connectivity index (χ3v) is 6.78. The van der Waals surface area contributed by atoms with Crippen molar-refractivity contribution in [1.82, 2.24) is 9.80 Å². The molecular weight excluding hydrogens is 328 g/mol. The van der Waals surface area contributed by atoms with Crippen LogP contribution >= 0.6 is 0 Å². The molecule has 4 atom stereocenters. The number of carbonyl (C=O) groups excluding carboxylic acids is 2. The van der Waals surface area contributed by atoms with Crippen LogP contribution in [-0.2, 0) is 9.59 Å². The Labute approximate surface area is 155 Å². The Morgan fingerprint density at radius 3 is 2.73 bits per heavy atom. The number of piperidine rings is 1. The molecule has 0 aromatic heterocycles. The summed E-state index contributed by atoms with van der Waals surface area (Å²) in [7, 11) is 1.80. The van der Waals surface area contributed by atoms with E-state index in [1.54, 1.807) is 11.9 Å². The van der Waals surface area contributed by atoms with Crippen molar-refractivity contribution in [3.8, 4) is 0 Å². The fraction of sp³-hybridized carbons (Fsp3) is 0.619. The van der Waals surface area contributed by atoms with Crippen LogP contribution < -0.4 is 0 Å². The fourth-order valence-corrected chi connectivity index (χ4v) is 5.20. The topological polar surface area (TPSA) is 60.9 Å². The molecule has 1 aromatic carbocycles. The minimum absolute atomic E-state index is 0.0309. The number of hydrogen-bond acceptors (Lipinski definition) is 3. The fourth-order valence-electron chi connectivity index (χ4n) is 5.20. The van der Waals surface area contributed by atoms with Gasteiger partial charge in [-0.05, 0) is 24.8 Å². The number of likely N-dealkylation sites (tertiary alicyclic amines) is 2. The third kappa shape index (κ3) is 2.92. The van der Waals surface area contributed by atoms with E-state index in [9.17, 15) is 14.7 Å². The van der Waals surface area contributed by atoms with E-state index in [1.165, 1.54) is 0 Å². The lowest BCUT2D eigenvalue weighted by molar-refractivity contribution is -0.148. The summed E-state index contributed by atoms with van der Waals surface area (Å²) in [6.07, 6.45) is 5.00. The van der Waals surface area contributed by atoms with Gasteiger partial charge < -0.3 is 14.9 Å². The second-order valence-corrected chi connectivity index (χ2v) is 8.25. The van der Waals surface area contributed by atoms with Gasteiger partial charge in [-0.1, -0.05) is 43.2 Å². The van der Waals surface area contributed by atoms with Crippen molar-refractivity contribution in [2.75, 3.05) is 20.1 Å². The third-order valence-electron chi connectivity index (χ3n) is 6.78.